The molecule has 136 valence electrons. The van der Waals surface area contributed by atoms with E-state index in [0.717, 1.165) is 12.0 Å². The standard InChI is InChI=1S/C15H19N5O2.C3H8/c1-3-8-20(10-13(16)21)15-18-12(9-14(22)19(15)2)11-4-6-17-7-5-11;1-3-2/h4-7,9H,3,8,10H2,1-2H3,(H2,16,21);3H2,1-2H3. The number of nitrogens with zero attached hydrogens (tertiary/aromatic N) is 4. The van der Waals surface area contributed by atoms with Crippen molar-refractivity contribution in [2.24, 2.45) is 12.8 Å². The van der Waals surface area contributed by atoms with Crippen molar-refractivity contribution in [3.8, 4) is 11.3 Å². The average molecular weight is 345 g/mol. The largest absolute Gasteiger partial charge is 0.368 e. The summed E-state index contributed by atoms with van der Waals surface area (Å²) in [5, 5.41) is 0. The second kappa shape index (κ2) is 10.2. The number of nitrogens with two attached hydrogens (primary N) is 1. The van der Waals surface area contributed by atoms with E-state index < -0.39 is 5.91 Å². The number of anilines is 1. The summed E-state index contributed by atoms with van der Waals surface area (Å²) in [6.07, 6.45) is 5.34. The van der Waals surface area contributed by atoms with Gasteiger partial charge in [-0.15, -0.1) is 0 Å². The predicted octanol–water partition coefficient (Wildman–Crippen LogP) is 1.96. The first-order chi connectivity index (χ1) is 11.9. The zero-order chi connectivity index (χ0) is 18.8. The van der Waals surface area contributed by atoms with Gasteiger partial charge in [-0.2, -0.15) is 0 Å². The zero-order valence-electron chi connectivity index (χ0n) is 15.4. The zero-order valence-corrected chi connectivity index (χ0v) is 15.4. The van der Waals surface area contributed by atoms with E-state index in [0.29, 0.717) is 18.2 Å². The van der Waals surface area contributed by atoms with Gasteiger partial charge < -0.3 is 10.6 Å². The Hall–Kier alpha value is -2.70. The summed E-state index contributed by atoms with van der Waals surface area (Å²) in [4.78, 5) is 33.7. The van der Waals surface area contributed by atoms with Crippen molar-refractivity contribution in [3.05, 3.63) is 40.9 Å². The first-order valence-electron chi connectivity index (χ1n) is 8.46. The van der Waals surface area contributed by atoms with Crippen LogP contribution in [0.25, 0.3) is 11.3 Å². The lowest BCUT2D eigenvalue weighted by Gasteiger charge is -2.23. The molecule has 0 radical (unpaired) electrons. The third-order valence-corrected chi connectivity index (χ3v) is 3.21. The SMILES string of the molecule is CCC.CCCN(CC(N)=O)c1nc(-c2ccncc2)cc(=O)n1C. The molecule has 0 aliphatic carbocycles. The number of hydrogen-bond acceptors (Lipinski definition) is 5. The number of carbonyl (C=O) groups is 1. The molecular formula is C18H27N5O2. The minimum atomic E-state index is -0.461. The third-order valence-electron chi connectivity index (χ3n) is 3.21. The van der Waals surface area contributed by atoms with Crippen LogP contribution in [0.5, 0.6) is 0 Å². The second-order valence-corrected chi connectivity index (χ2v) is 5.67. The van der Waals surface area contributed by atoms with Gasteiger partial charge >= 0.3 is 0 Å². The van der Waals surface area contributed by atoms with E-state index in [1.807, 2.05) is 6.92 Å². The lowest BCUT2D eigenvalue weighted by atomic mass is 10.2. The van der Waals surface area contributed by atoms with E-state index in [1.54, 1.807) is 36.5 Å². The van der Waals surface area contributed by atoms with Crippen LogP contribution in [0.2, 0.25) is 0 Å². The molecule has 0 unspecified atom stereocenters. The van der Waals surface area contributed by atoms with Crippen molar-refractivity contribution < 1.29 is 4.79 Å². The van der Waals surface area contributed by atoms with Gasteiger partial charge in [0.05, 0.1) is 12.2 Å². The van der Waals surface area contributed by atoms with E-state index in [4.69, 9.17) is 5.73 Å². The van der Waals surface area contributed by atoms with Crippen molar-refractivity contribution in [2.45, 2.75) is 33.6 Å². The van der Waals surface area contributed by atoms with E-state index in [1.165, 1.54) is 17.1 Å². The molecule has 0 fully saturated rings. The molecule has 0 saturated carbocycles. The molecule has 25 heavy (non-hydrogen) atoms. The molecule has 0 saturated heterocycles. The Morgan fingerprint density at radius 1 is 1.24 bits per heavy atom. The normalized spacial score (nSPS) is 9.92. The molecule has 0 atom stereocenters. The highest BCUT2D eigenvalue weighted by Gasteiger charge is 2.15. The molecule has 0 spiro atoms. The van der Waals surface area contributed by atoms with Gasteiger partial charge in [-0.25, -0.2) is 4.98 Å². The van der Waals surface area contributed by atoms with E-state index >= 15 is 0 Å². The lowest BCUT2D eigenvalue weighted by Crippen LogP contribution is -2.38. The predicted molar refractivity (Wildman–Crippen MR) is 100 cm³/mol. The van der Waals surface area contributed by atoms with Crippen molar-refractivity contribution in [1.29, 1.82) is 0 Å². The van der Waals surface area contributed by atoms with Crippen LogP contribution in [-0.2, 0) is 11.8 Å². The average Bonchev–Trinajstić information content (AvgIpc) is 2.58. The Balaban J connectivity index is 0.000000970. The molecule has 2 N–H and O–H groups in total. The number of aromatic nitrogens is 3. The van der Waals surface area contributed by atoms with Crippen molar-refractivity contribution >= 4 is 11.9 Å². The minimum absolute atomic E-state index is 0.0217. The van der Waals surface area contributed by atoms with Gasteiger partial charge in [0.1, 0.15) is 0 Å². The van der Waals surface area contributed by atoms with Crippen molar-refractivity contribution in [2.75, 3.05) is 18.0 Å². The van der Waals surface area contributed by atoms with Crippen LogP contribution in [0, 0.1) is 0 Å². The summed E-state index contributed by atoms with van der Waals surface area (Å²) in [5.41, 5.74) is 6.45. The van der Waals surface area contributed by atoms with Crippen molar-refractivity contribution in [3.63, 3.8) is 0 Å². The van der Waals surface area contributed by atoms with Gasteiger partial charge in [0, 0.05) is 37.6 Å². The van der Waals surface area contributed by atoms with Crippen LogP contribution in [-0.4, -0.2) is 33.5 Å². The fraction of sp³-hybridized carbons (Fsp3) is 0.444. The monoisotopic (exact) mass is 345 g/mol. The van der Waals surface area contributed by atoms with E-state index in [2.05, 4.69) is 23.8 Å². The molecule has 2 heterocycles. The van der Waals surface area contributed by atoms with Crippen LogP contribution in [0.3, 0.4) is 0 Å². The topological polar surface area (TPSA) is 94.1 Å². The molecular weight excluding hydrogens is 318 g/mol. The Morgan fingerprint density at radius 3 is 2.36 bits per heavy atom. The molecule has 2 aromatic rings. The quantitative estimate of drug-likeness (QED) is 0.863. The smallest absolute Gasteiger partial charge is 0.255 e. The Kier molecular flexibility index (Phi) is 8.32. The summed E-state index contributed by atoms with van der Waals surface area (Å²) >= 11 is 0. The molecule has 0 bridgehead atoms. The summed E-state index contributed by atoms with van der Waals surface area (Å²) in [7, 11) is 1.63. The van der Waals surface area contributed by atoms with E-state index in [-0.39, 0.29) is 12.1 Å². The fourth-order valence-corrected chi connectivity index (χ4v) is 2.19. The number of pyridine rings is 1. The number of amides is 1. The maximum absolute atomic E-state index is 12.2. The maximum atomic E-state index is 12.2. The Bertz CT molecular complexity index is 728. The fourth-order valence-electron chi connectivity index (χ4n) is 2.19. The number of carbonyl (C=O) groups excluding carboxylic acids is 1. The highest BCUT2D eigenvalue weighted by atomic mass is 16.1. The molecule has 1 amide bonds. The summed E-state index contributed by atoms with van der Waals surface area (Å²) < 4.78 is 1.42. The maximum Gasteiger partial charge on any atom is 0.255 e. The highest BCUT2D eigenvalue weighted by molar-refractivity contribution is 5.79. The second-order valence-electron chi connectivity index (χ2n) is 5.67. The molecule has 2 rings (SSSR count). The van der Waals surface area contributed by atoms with Gasteiger partial charge in [0.25, 0.3) is 5.56 Å². The molecule has 7 nitrogen and oxygen atoms in total. The van der Waals surface area contributed by atoms with Gasteiger partial charge in [0.15, 0.2) is 0 Å². The number of hydrogen-bond donors (Lipinski definition) is 1. The summed E-state index contributed by atoms with van der Waals surface area (Å²) in [5.74, 6) is -0.0306. The number of rotatable bonds is 6. The first-order valence-corrected chi connectivity index (χ1v) is 8.46. The van der Waals surface area contributed by atoms with Crippen LogP contribution in [0.4, 0.5) is 5.95 Å². The Labute approximate surface area is 148 Å². The van der Waals surface area contributed by atoms with Crippen LogP contribution in [0.1, 0.15) is 33.6 Å². The van der Waals surface area contributed by atoms with Gasteiger partial charge in [-0.1, -0.05) is 27.2 Å². The van der Waals surface area contributed by atoms with Gasteiger partial charge in [-0.05, 0) is 18.6 Å². The molecule has 0 aromatic carbocycles. The minimum Gasteiger partial charge on any atom is -0.368 e. The molecule has 2 aromatic heterocycles. The van der Waals surface area contributed by atoms with Gasteiger partial charge in [0.2, 0.25) is 11.9 Å². The first kappa shape index (κ1) is 20.3. The van der Waals surface area contributed by atoms with Crippen LogP contribution in [0.15, 0.2) is 35.4 Å². The summed E-state index contributed by atoms with van der Waals surface area (Å²) in [6, 6.07) is 5.03. The van der Waals surface area contributed by atoms with Crippen molar-refractivity contribution in [1.82, 2.24) is 14.5 Å². The van der Waals surface area contributed by atoms with E-state index in [9.17, 15) is 9.59 Å². The highest BCUT2D eigenvalue weighted by Crippen LogP contribution is 2.17. The van der Waals surface area contributed by atoms with Crippen LogP contribution < -0.4 is 16.2 Å². The van der Waals surface area contributed by atoms with Crippen LogP contribution >= 0.6 is 0 Å². The molecule has 7 heteroatoms. The molecule has 0 aliphatic rings. The lowest BCUT2D eigenvalue weighted by molar-refractivity contribution is -0.116. The van der Waals surface area contributed by atoms with Gasteiger partial charge in [-0.3, -0.25) is 19.1 Å². The molecule has 0 aliphatic heterocycles. The Morgan fingerprint density at radius 2 is 1.84 bits per heavy atom. The summed E-state index contributed by atoms with van der Waals surface area (Å²) in [6.45, 7) is 6.84. The number of primary amides is 1. The third kappa shape index (κ3) is 6.02.